The predicted molar refractivity (Wildman–Crippen MR) is 108 cm³/mol. The summed E-state index contributed by atoms with van der Waals surface area (Å²) in [5.74, 6) is -0.386. The Balaban J connectivity index is 1.78. The molecule has 0 N–H and O–H groups in total. The smallest absolute Gasteiger partial charge is 0.344 e. The maximum atomic E-state index is 12.6. The van der Waals surface area contributed by atoms with Crippen LogP contribution in [0.3, 0.4) is 0 Å². The Bertz CT molecular complexity index is 967. The second kappa shape index (κ2) is 8.09. The second-order valence-electron chi connectivity index (χ2n) is 7.41. The van der Waals surface area contributed by atoms with Crippen LogP contribution < -0.4 is 9.47 Å². The Morgan fingerprint density at radius 3 is 1.50 bits per heavy atom. The molecule has 0 spiro atoms. The van der Waals surface area contributed by atoms with Crippen LogP contribution >= 0.6 is 0 Å². The van der Waals surface area contributed by atoms with Crippen molar-refractivity contribution < 1.29 is 19.1 Å². The van der Waals surface area contributed by atoms with E-state index in [1.807, 2.05) is 18.2 Å². The zero-order valence-corrected chi connectivity index (χ0v) is 16.1. The van der Waals surface area contributed by atoms with Gasteiger partial charge in [0.1, 0.15) is 11.5 Å². The van der Waals surface area contributed by atoms with Crippen molar-refractivity contribution in [3.8, 4) is 11.5 Å². The Hall–Kier alpha value is -3.40. The number of carbonyl (C=O) groups excluding carboxylic acids is 2. The van der Waals surface area contributed by atoms with Crippen molar-refractivity contribution in [3.63, 3.8) is 0 Å². The van der Waals surface area contributed by atoms with E-state index in [9.17, 15) is 9.59 Å². The predicted octanol–water partition coefficient (Wildman–Crippen LogP) is 5.42. The van der Waals surface area contributed by atoms with Crippen LogP contribution in [-0.2, 0) is 5.41 Å². The van der Waals surface area contributed by atoms with Gasteiger partial charge in [-0.25, -0.2) is 9.59 Å². The standard InChI is InChI=1S/C24H22O4/c1-24(2,3)17-13-15-19(16-14-17)28-23(26)21-12-8-7-11-20(21)22(25)27-18-9-5-4-6-10-18/h4-16H,1-3H3. The van der Waals surface area contributed by atoms with Gasteiger partial charge in [-0.2, -0.15) is 0 Å². The molecule has 0 heterocycles. The van der Waals surface area contributed by atoms with Gasteiger partial charge in [0.25, 0.3) is 0 Å². The molecule has 0 bridgehead atoms. The summed E-state index contributed by atoms with van der Waals surface area (Å²) in [6.07, 6.45) is 0. The van der Waals surface area contributed by atoms with Crippen LogP contribution in [0.15, 0.2) is 78.9 Å². The normalized spacial score (nSPS) is 11.0. The van der Waals surface area contributed by atoms with Gasteiger partial charge in [0.2, 0.25) is 0 Å². The summed E-state index contributed by atoms with van der Waals surface area (Å²) in [5.41, 5.74) is 1.46. The Labute approximate surface area is 164 Å². The molecule has 0 amide bonds. The largest absolute Gasteiger partial charge is 0.423 e. The molecule has 0 atom stereocenters. The third-order valence-corrected chi connectivity index (χ3v) is 4.25. The minimum Gasteiger partial charge on any atom is -0.423 e. The van der Waals surface area contributed by atoms with Crippen LogP contribution in [0, 0.1) is 0 Å². The highest BCUT2D eigenvalue weighted by Gasteiger charge is 2.20. The number of rotatable bonds is 4. The molecule has 0 radical (unpaired) electrons. The molecule has 28 heavy (non-hydrogen) atoms. The maximum absolute atomic E-state index is 12.6. The molecule has 4 heteroatoms. The molecule has 0 unspecified atom stereocenters. The fourth-order valence-electron chi connectivity index (χ4n) is 2.67. The number of ether oxygens (including phenoxy) is 2. The SMILES string of the molecule is CC(C)(C)c1ccc(OC(=O)c2ccccc2C(=O)Oc2ccccc2)cc1. The molecule has 0 saturated heterocycles. The first-order valence-electron chi connectivity index (χ1n) is 9.03. The monoisotopic (exact) mass is 374 g/mol. The van der Waals surface area contributed by atoms with Crippen LogP contribution in [0.1, 0.15) is 47.1 Å². The first-order valence-corrected chi connectivity index (χ1v) is 9.03. The van der Waals surface area contributed by atoms with Gasteiger partial charge < -0.3 is 9.47 Å². The molecule has 0 aliphatic heterocycles. The van der Waals surface area contributed by atoms with Crippen LogP contribution in [-0.4, -0.2) is 11.9 Å². The van der Waals surface area contributed by atoms with E-state index >= 15 is 0 Å². The fourth-order valence-corrected chi connectivity index (χ4v) is 2.67. The third-order valence-electron chi connectivity index (χ3n) is 4.25. The summed E-state index contributed by atoms with van der Waals surface area (Å²) in [6.45, 7) is 6.34. The number of para-hydroxylation sites is 1. The maximum Gasteiger partial charge on any atom is 0.344 e. The van der Waals surface area contributed by atoms with Crippen molar-refractivity contribution in [2.75, 3.05) is 0 Å². The molecule has 3 aromatic rings. The summed E-state index contributed by atoms with van der Waals surface area (Å²) in [5, 5.41) is 0. The highest BCUT2D eigenvalue weighted by atomic mass is 16.5. The summed E-state index contributed by atoms with van der Waals surface area (Å²) >= 11 is 0. The highest BCUT2D eigenvalue weighted by Crippen LogP contribution is 2.25. The van der Waals surface area contributed by atoms with Crippen molar-refractivity contribution in [1.29, 1.82) is 0 Å². The Kier molecular flexibility index (Phi) is 5.59. The van der Waals surface area contributed by atoms with E-state index in [1.165, 1.54) is 0 Å². The molecular formula is C24H22O4. The third kappa shape index (κ3) is 4.65. The average molecular weight is 374 g/mol. The van der Waals surface area contributed by atoms with Gasteiger partial charge in [-0.3, -0.25) is 0 Å². The van der Waals surface area contributed by atoms with E-state index in [2.05, 4.69) is 20.8 Å². The van der Waals surface area contributed by atoms with Crippen molar-refractivity contribution in [3.05, 3.63) is 95.6 Å². The quantitative estimate of drug-likeness (QED) is 0.452. The van der Waals surface area contributed by atoms with Crippen molar-refractivity contribution >= 4 is 11.9 Å². The fraction of sp³-hybridized carbons (Fsp3) is 0.167. The lowest BCUT2D eigenvalue weighted by molar-refractivity contribution is 0.0692. The number of hydrogen-bond donors (Lipinski definition) is 0. The second-order valence-corrected chi connectivity index (χ2v) is 7.41. The van der Waals surface area contributed by atoms with Crippen LogP contribution in [0.25, 0.3) is 0 Å². The van der Waals surface area contributed by atoms with Crippen molar-refractivity contribution in [2.24, 2.45) is 0 Å². The van der Waals surface area contributed by atoms with E-state index in [4.69, 9.17) is 9.47 Å². The Morgan fingerprint density at radius 1 is 0.607 bits per heavy atom. The summed E-state index contributed by atoms with van der Waals surface area (Å²) in [7, 11) is 0. The van der Waals surface area contributed by atoms with E-state index in [0.717, 1.165) is 5.56 Å². The van der Waals surface area contributed by atoms with Crippen LogP contribution in [0.4, 0.5) is 0 Å². The summed E-state index contributed by atoms with van der Waals surface area (Å²) < 4.78 is 10.8. The molecule has 0 aliphatic rings. The lowest BCUT2D eigenvalue weighted by Gasteiger charge is -2.19. The molecule has 0 aromatic heterocycles. The minimum absolute atomic E-state index is 0.0103. The molecule has 3 rings (SSSR count). The van der Waals surface area contributed by atoms with Crippen LogP contribution in [0.5, 0.6) is 11.5 Å². The highest BCUT2D eigenvalue weighted by molar-refractivity contribution is 6.04. The number of carbonyl (C=O) groups is 2. The van der Waals surface area contributed by atoms with Gasteiger partial charge in [-0.05, 0) is 47.4 Å². The molecule has 4 nitrogen and oxygen atoms in total. The van der Waals surface area contributed by atoms with E-state index < -0.39 is 11.9 Å². The van der Waals surface area contributed by atoms with E-state index in [-0.39, 0.29) is 16.5 Å². The number of benzene rings is 3. The molecule has 142 valence electrons. The van der Waals surface area contributed by atoms with Gasteiger partial charge >= 0.3 is 11.9 Å². The van der Waals surface area contributed by atoms with Gasteiger partial charge in [0, 0.05) is 0 Å². The van der Waals surface area contributed by atoms with Gasteiger partial charge in [0.15, 0.2) is 0 Å². The first kappa shape index (κ1) is 19.4. The zero-order valence-electron chi connectivity index (χ0n) is 16.1. The molecule has 3 aromatic carbocycles. The molecule has 0 saturated carbocycles. The van der Waals surface area contributed by atoms with Gasteiger partial charge in [-0.1, -0.05) is 63.2 Å². The number of hydrogen-bond acceptors (Lipinski definition) is 4. The van der Waals surface area contributed by atoms with E-state index in [1.54, 1.807) is 60.7 Å². The summed E-state index contributed by atoms with van der Waals surface area (Å²) in [4.78, 5) is 25.2. The average Bonchev–Trinajstić information content (AvgIpc) is 2.68. The molecule has 0 fully saturated rings. The molecular weight excluding hydrogens is 352 g/mol. The van der Waals surface area contributed by atoms with Gasteiger partial charge in [-0.15, -0.1) is 0 Å². The minimum atomic E-state index is -0.609. The number of esters is 2. The summed E-state index contributed by atoms with van der Waals surface area (Å²) in [6, 6.07) is 22.5. The lowest BCUT2D eigenvalue weighted by atomic mass is 9.87. The Morgan fingerprint density at radius 2 is 1.04 bits per heavy atom. The van der Waals surface area contributed by atoms with Crippen molar-refractivity contribution in [2.45, 2.75) is 26.2 Å². The first-order chi connectivity index (χ1) is 13.3. The lowest BCUT2D eigenvalue weighted by Crippen LogP contribution is -2.17. The van der Waals surface area contributed by atoms with E-state index in [0.29, 0.717) is 11.5 Å². The topological polar surface area (TPSA) is 52.6 Å². The zero-order chi connectivity index (χ0) is 20.1. The van der Waals surface area contributed by atoms with Gasteiger partial charge in [0.05, 0.1) is 11.1 Å². The van der Waals surface area contributed by atoms with Crippen molar-refractivity contribution in [1.82, 2.24) is 0 Å². The van der Waals surface area contributed by atoms with Crippen LogP contribution in [0.2, 0.25) is 0 Å². The molecule has 0 aliphatic carbocycles.